The fourth-order valence-electron chi connectivity index (χ4n) is 5.01. The molecule has 0 unspecified atom stereocenters. The van der Waals surface area contributed by atoms with Crippen molar-refractivity contribution in [1.82, 2.24) is 4.90 Å². The van der Waals surface area contributed by atoms with Gasteiger partial charge in [0.1, 0.15) is 0 Å². The molecule has 134 valence electrons. The van der Waals surface area contributed by atoms with Crippen LogP contribution in [0.25, 0.3) is 21.5 Å². The molecule has 2 bridgehead atoms. The van der Waals surface area contributed by atoms with Gasteiger partial charge in [0, 0.05) is 6.92 Å². The number of hydrogen-bond donors (Lipinski definition) is 0. The molecule has 3 nitrogen and oxygen atoms in total. The Labute approximate surface area is 162 Å². The Morgan fingerprint density at radius 1 is 0.714 bits per heavy atom. The number of fused-ring (bicyclic) bond motifs is 3. The second-order valence-electron chi connectivity index (χ2n) is 7.72. The number of carbonyl (C=O) groups is 2. The van der Waals surface area contributed by atoms with E-state index in [0.29, 0.717) is 0 Å². The summed E-state index contributed by atoms with van der Waals surface area (Å²) in [6, 6.07) is 24.6. The first-order chi connectivity index (χ1) is 13.6. The maximum Gasteiger partial charge on any atom is 0.242 e. The van der Waals surface area contributed by atoms with Crippen molar-refractivity contribution in [1.29, 1.82) is 0 Å². The van der Waals surface area contributed by atoms with Gasteiger partial charge in [0.15, 0.2) is 0 Å². The minimum Gasteiger partial charge on any atom is -0.275 e. The summed E-state index contributed by atoms with van der Waals surface area (Å²) in [7, 11) is 0. The molecule has 4 aromatic rings. The molecule has 3 aliphatic rings. The van der Waals surface area contributed by atoms with Gasteiger partial charge < -0.3 is 0 Å². The Hall–Kier alpha value is -3.46. The first-order valence-corrected chi connectivity index (χ1v) is 9.52. The predicted octanol–water partition coefficient (Wildman–Crippen LogP) is 4.92. The summed E-state index contributed by atoms with van der Waals surface area (Å²) < 4.78 is 0. The van der Waals surface area contributed by atoms with Gasteiger partial charge >= 0.3 is 0 Å². The van der Waals surface area contributed by atoms with E-state index in [9.17, 15) is 9.59 Å². The average molecular weight is 363 g/mol. The molecule has 0 radical (unpaired) electrons. The van der Waals surface area contributed by atoms with Crippen LogP contribution in [0.1, 0.15) is 41.1 Å². The Bertz CT molecular complexity index is 1250. The fourth-order valence-corrected chi connectivity index (χ4v) is 5.01. The number of amides is 2. The molecule has 0 spiro atoms. The minimum absolute atomic E-state index is 0.108. The van der Waals surface area contributed by atoms with Crippen LogP contribution in [0, 0.1) is 0 Å². The number of benzene rings is 4. The predicted molar refractivity (Wildman–Crippen MR) is 109 cm³/mol. The van der Waals surface area contributed by atoms with Gasteiger partial charge in [-0.05, 0) is 68.1 Å². The van der Waals surface area contributed by atoms with Gasteiger partial charge in [0.05, 0.1) is 12.0 Å². The van der Waals surface area contributed by atoms with Crippen LogP contribution in [0.5, 0.6) is 0 Å². The molecule has 0 aromatic heterocycles. The molecule has 0 saturated carbocycles. The molecule has 7 rings (SSSR count). The molecule has 0 saturated heterocycles. The van der Waals surface area contributed by atoms with E-state index >= 15 is 0 Å². The van der Waals surface area contributed by atoms with Crippen molar-refractivity contribution in [3.63, 3.8) is 0 Å². The van der Waals surface area contributed by atoms with Crippen LogP contribution >= 0.6 is 0 Å². The van der Waals surface area contributed by atoms with Crippen molar-refractivity contribution in [3.05, 3.63) is 95.1 Å². The number of rotatable bonds is 0. The topological polar surface area (TPSA) is 37.4 Å². The van der Waals surface area contributed by atoms with Crippen molar-refractivity contribution < 1.29 is 9.59 Å². The van der Waals surface area contributed by atoms with Crippen LogP contribution in [0.4, 0.5) is 0 Å². The van der Waals surface area contributed by atoms with Crippen molar-refractivity contribution in [2.75, 3.05) is 0 Å². The lowest BCUT2D eigenvalue weighted by molar-refractivity contribution is -0.148. The lowest BCUT2D eigenvalue weighted by Crippen LogP contribution is -2.50. The molecule has 2 amide bonds. The van der Waals surface area contributed by atoms with Crippen LogP contribution in [0.15, 0.2) is 72.8 Å². The number of imide groups is 1. The molecule has 0 fully saturated rings. The lowest BCUT2D eigenvalue weighted by atomic mass is 9.69. The van der Waals surface area contributed by atoms with Crippen LogP contribution in [0.3, 0.4) is 0 Å². The van der Waals surface area contributed by atoms with E-state index in [0.717, 1.165) is 43.8 Å². The quantitative estimate of drug-likeness (QED) is 0.445. The molecule has 0 atom stereocenters. The summed E-state index contributed by atoms with van der Waals surface area (Å²) >= 11 is 0. The fraction of sp³-hybridized carbons (Fsp3) is 0.120. The van der Waals surface area contributed by atoms with Gasteiger partial charge in [-0.3, -0.25) is 14.5 Å². The van der Waals surface area contributed by atoms with Crippen LogP contribution in [-0.2, 0) is 9.59 Å². The molecular weight excluding hydrogens is 346 g/mol. The highest BCUT2D eigenvalue weighted by Crippen LogP contribution is 2.52. The largest absolute Gasteiger partial charge is 0.275 e. The van der Waals surface area contributed by atoms with Gasteiger partial charge in [-0.1, -0.05) is 48.5 Å². The van der Waals surface area contributed by atoms with Gasteiger partial charge in [0.2, 0.25) is 11.8 Å². The van der Waals surface area contributed by atoms with Crippen molar-refractivity contribution in [2.45, 2.75) is 18.9 Å². The second-order valence-corrected chi connectivity index (χ2v) is 7.72. The molecular formula is C25H17NO2. The van der Waals surface area contributed by atoms with Crippen LogP contribution < -0.4 is 0 Å². The average Bonchev–Trinajstić information content (AvgIpc) is 2.70. The first-order valence-electron chi connectivity index (χ1n) is 9.52. The molecule has 3 heteroatoms. The Kier molecular flexibility index (Phi) is 2.95. The van der Waals surface area contributed by atoms with E-state index in [1.165, 1.54) is 11.8 Å². The summed E-state index contributed by atoms with van der Waals surface area (Å²) in [5.41, 5.74) is 4.21. The SMILES string of the molecule is CC(=O)N1C(=O)C2c3cc4ccccc4cc3C1c1cc3ccccc3cc12. The third kappa shape index (κ3) is 1.88. The van der Waals surface area contributed by atoms with E-state index in [1.807, 2.05) is 24.3 Å². The molecule has 2 aliphatic heterocycles. The maximum atomic E-state index is 13.3. The summed E-state index contributed by atoms with van der Waals surface area (Å²) in [6.07, 6.45) is 0. The summed E-state index contributed by atoms with van der Waals surface area (Å²) in [6.45, 7) is 1.49. The van der Waals surface area contributed by atoms with E-state index in [1.54, 1.807) is 0 Å². The zero-order valence-corrected chi connectivity index (χ0v) is 15.3. The van der Waals surface area contributed by atoms with E-state index in [2.05, 4.69) is 48.5 Å². The lowest BCUT2D eigenvalue weighted by Gasteiger charge is -2.46. The summed E-state index contributed by atoms with van der Waals surface area (Å²) in [5.74, 6) is -0.728. The van der Waals surface area contributed by atoms with Gasteiger partial charge in [-0.2, -0.15) is 0 Å². The number of hydrogen-bond acceptors (Lipinski definition) is 2. The molecule has 28 heavy (non-hydrogen) atoms. The third-order valence-corrected chi connectivity index (χ3v) is 6.20. The second kappa shape index (κ2) is 5.29. The highest BCUT2D eigenvalue weighted by Gasteiger charge is 2.49. The maximum absolute atomic E-state index is 13.3. The molecule has 2 heterocycles. The van der Waals surface area contributed by atoms with Gasteiger partial charge in [0.25, 0.3) is 0 Å². The van der Waals surface area contributed by atoms with Crippen LogP contribution in [0.2, 0.25) is 0 Å². The smallest absolute Gasteiger partial charge is 0.242 e. The van der Waals surface area contributed by atoms with Crippen molar-refractivity contribution in [2.24, 2.45) is 0 Å². The van der Waals surface area contributed by atoms with E-state index in [-0.39, 0.29) is 17.9 Å². The molecule has 1 aliphatic carbocycles. The zero-order chi connectivity index (χ0) is 19.0. The van der Waals surface area contributed by atoms with Gasteiger partial charge in [-0.25, -0.2) is 0 Å². The number of carbonyl (C=O) groups excluding carboxylic acids is 2. The number of nitrogens with zero attached hydrogens (tertiary/aromatic N) is 1. The van der Waals surface area contributed by atoms with E-state index < -0.39 is 5.92 Å². The van der Waals surface area contributed by atoms with Crippen molar-refractivity contribution in [3.8, 4) is 0 Å². The minimum atomic E-state index is -0.423. The zero-order valence-electron chi connectivity index (χ0n) is 15.3. The van der Waals surface area contributed by atoms with Gasteiger partial charge in [-0.15, -0.1) is 0 Å². The Balaban J connectivity index is 1.73. The highest BCUT2D eigenvalue weighted by molar-refractivity contribution is 6.06. The normalized spacial score (nSPS) is 19.8. The van der Waals surface area contributed by atoms with Crippen LogP contribution in [-0.4, -0.2) is 16.7 Å². The molecule has 0 N–H and O–H groups in total. The Morgan fingerprint density at radius 3 is 1.50 bits per heavy atom. The van der Waals surface area contributed by atoms with Crippen molar-refractivity contribution >= 4 is 33.4 Å². The Morgan fingerprint density at radius 2 is 1.11 bits per heavy atom. The summed E-state index contributed by atoms with van der Waals surface area (Å²) in [4.78, 5) is 27.2. The molecule has 4 aromatic carbocycles. The third-order valence-electron chi connectivity index (χ3n) is 6.20. The highest BCUT2D eigenvalue weighted by atomic mass is 16.2. The van der Waals surface area contributed by atoms with E-state index in [4.69, 9.17) is 0 Å². The first kappa shape index (κ1) is 15.6. The monoisotopic (exact) mass is 363 g/mol. The standard InChI is InChI=1S/C25H17NO2/c1-14(27)26-24-21-12-17-8-4-2-6-15(17)10-19(21)23(25(26)28)20-11-16-7-3-5-9-18(16)13-22(20)24/h2-13,23-24H,1H3. The summed E-state index contributed by atoms with van der Waals surface area (Å²) in [5, 5.41) is 4.51.